The van der Waals surface area contributed by atoms with Crippen LogP contribution in [0, 0.1) is 0 Å². The molecular formula is C28H56O2. The third kappa shape index (κ3) is 31.9. The van der Waals surface area contributed by atoms with E-state index in [1.165, 1.54) is 103 Å². The summed E-state index contributed by atoms with van der Waals surface area (Å²) in [7, 11) is 0. The van der Waals surface area contributed by atoms with Crippen molar-refractivity contribution in [3.63, 3.8) is 0 Å². The molecule has 0 aromatic rings. The molecule has 0 aromatic carbocycles. The Morgan fingerprint density at radius 3 is 1.50 bits per heavy atom. The fourth-order valence-electron chi connectivity index (χ4n) is 3.44. The van der Waals surface area contributed by atoms with Crippen LogP contribution in [0.1, 0.15) is 156 Å². The predicted molar refractivity (Wildman–Crippen MR) is 135 cm³/mol. The minimum atomic E-state index is -0.00276. The van der Waals surface area contributed by atoms with E-state index in [9.17, 15) is 4.79 Å². The molecule has 0 bridgehead atoms. The molecule has 0 saturated heterocycles. The van der Waals surface area contributed by atoms with E-state index in [0.29, 0.717) is 13.0 Å². The summed E-state index contributed by atoms with van der Waals surface area (Å²) >= 11 is 0. The second-order valence-corrected chi connectivity index (χ2v) is 8.70. The van der Waals surface area contributed by atoms with E-state index in [0.717, 1.165) is 25.7 Å². The molecule has 30 heavy (non-hydrogen) atoms. The molecule has 0 aliphatic heterocycles. The van der Waals surface area contributed by atoms with Gasteiger partial charge in [-0.25, -0.2) is 0 Å². The van der Waals surface area contributed by atoms with Gasteiger partial charge in [0.05, 0.1) is 6.61 Å². The van der Waals surface area contributed by atoms with Crippen LogP contribution in [0.2, 0.25) is 0 Å². The van der Waals surface area contributed by atoms with Crippen molar-refractivity contribution in [2.75, 3.05) is 6.61 Å². The van der Waals surface area contributed by atoms with E-state index in [2.05, 4.69) is 27.4 Å². The highest BCUT2D eigenvalue weighted by Crippen LogP contribution is 2.11. The lowest BCUT2D eigenvalue weighted by atomic mass is 10.1. The van der Waals surface area contributed by atoms with Gasteiger partial charge >= 0.3 is 5.97 Å². The number of carbonyl (C=O) groups excluding carboxylic acids is 1. The molecule has 2 heteroatoms. The van der Waals surface area contributed by atoms with Crippen LogP contribution in [-0.2, 0) is 9.53 Å². The second kappa shape index (κ2) is 30.4. The molecule has 0 aromatic heterocycles. The van der Waals surface area contributed by atoms with E-state index in [-0.39, 0.29) is 5.97 Å². The van der Waals surface area contributed by atoms with E-state index < -0.39 is 0 Å². The molecule has 0 unspecified atom stereocenters. The average molecular weight is 425 g/mol. The second-order valence-electron chi connectivity index (χ2n) is 8.70. The lowest BCUT2D eigenvalue weighted by molar-refractivity contribution is -0.143. The van der Waals surface area contributed by atoms with Gasteiger partial charge in [0.25, 0.3) is 0 Å². The van der Waals surface area contributed by atoms with Gasteiger partial charge in [0.1, 0.15) is 0 Å². The van der Waals surface area contributed by atoms with Gasteiger partial charge in [-0.15, -0.1) is 6.58 Å². The highest BCUT2D eigenvalue weighted by atomic mass is 16.5. The lowest BCUT2D eigenvalue weighted by Gasteiger charge is -2.05. The SMILES string of the molecule is C=CCCCCCCCC(=O)OCCCCCCCCCCCC.CCCCCC. The number of ether oxygens (including phenoxy) is 1. The Morgan fingerprint density at radius 1 is 0.600 bits per heavy atom. The normalized spacial score (nSPS) is 10.4. The molecule has 0 aliphatic rings. The molecule has 0 atom stereocenters. The molecule has 2 nitrogen and oxygen atoms in total. The third-order valence-electron chi connectivity index (χ3n) is 5.51. The summed E-state index contributed by atoms with van der Waals surface area (Å²) in [5.74, 6) is -0.00276. The van der Waals surface area contributed by atoms with Crippen molar-refractivity contribution in [3.8, 4) is 0 Å². The number of esters is 1. The first-order chi connectivity index (χ1) is 14.7. The van der Waals surface area contributed by atoms with Gasteiger partial charge in [0.2, 0.25) is 0 Å². The van der Waals surface area contributed by atoms with Crippen LogP contribution in [0.25, 0.3) is 0 Å². The number of carbonyl (C=O) groups is 1. The molecule has 0 saturated carbocycles. The monoisotopic (exact) mass is 424 g/mol. The maximum atomic E-state index is 11.6. The predicted octanol–water partition coefficient (Wildman–Crippen LogP) is 9.95. The first-order valence-corrected chi connectivity index (χ1v) is 13.5. The molecule has 0 radical (unpaired) electrons. The van der Waals surface area contributed by atoms with Crippen molar-refractivity contribution in [1.82, 2.24) is 0 Å². The molecule has 0 N–H and O–H groups in total. The molecule has 0 amide bonds. The molecule has 0 heterocycles. The standard InChI is InChI=1S/C22H42O2.C6H14/c1-3-5-7-9-11-12-13-15-17-19-21-24-22(23)20-18-16-14-10-8-6-4-2;1-3-5-6-4-2/h4H,2-3,5-21H2,1H3;3-6H2,1-2H3. The van der Waals surface area contributed by atoms with Crippen LogP contribution in [0.15, 0.2) is 12.7 Å². The van der Waals surface area contributed by atoms with Crippen molar-refractivity contribution in [2.45, 2.75) is 156 Å². The summed E-state index contributed by atoms with van der Waals surface area (Å²) in [6.45, 7) is 11.1. The van der Waals surface area contributed by atoms with E-state index in [4.69, 9.17) is 4.74 Å². The largest absolute Gasteiger partial charge is 0.466 e. The molecule has 180 valence electrons. The minimum Gasteiger partial charge on any atom is -0.466 e. The van der Waals surface area contributed by atoms with Crippen molar-refractivity contribution >= 4 is 5.97 Å². The number of allylic oxidation sites excluding steroid dienone is 1. The Hall–Kier alpha value is -0.790. The first-order valence-electron chi connectivity index (χ1n) is 13.5. The third-order valence-corrected chi connectivity index (χ3v) is 5.51. The van der Waals surface area contributed by atoms with Crippen LogP contribution in [-0.4, -0.2) is 12.6 Å². The van der Waals surface area contributed by atoms with Crippen LogP contribution in [0.3, 0.4) is 0 Å². The number of rotatable bonds is 22. The van der Waals surface area contributed by atoms with E-state index >= 15 is 0 Å². The average Bonchev–Trinajstić information content (AvgIpc) is 2.76. The van der Waals surface area contributed by atoms with Gasteiger partial charge in [-0.05, 0) is 25.7 Å². The van der Waals surface area contributed by atoms with Crippen LogP contribution in [0.5, 0.6) is 0 Å². The zero-order valence-electron chi connectivity index (χ0n) is 21.2. The van der Waals surface area contributed by atoms with Crippen molar-refractivity contribution in [1.29, 1.82) is 0 Å². The van der Waals surface area contributed by atoms with Gasteiger partial charge in [-0.1, -0.05) is 130 Å². The van der Waals surface area contributed by atoms with Crippen molar-refractivity contribution in [3.05, 3.63) is 12.7 Å². The van der Waals surface area contributed by atoms with E-state index in [1.54, 1.807) is 0 Å². The molecule has 0 fully saturated rings. The maximum Gasteiger partial charge on any atom is 0.305 e. The fraction of sp³-hybridized carbons (Fsp3) is 0.893. The van der Waals surface area contributed by atoms with Crippen molar-refractivity contribution in [2.24, 2.45) is 0 Å². The van der Waals surface area contributed by atoms with Crippen LogP contribution >= 0.6 is 0 Å². The minimum absolute atomic E-state index is 0.00276. The van der Waals surface area contributed by atoms with Gasteiger partial charge in [-0.3, -0.25) is 4.79 Å². The number of hydrogen-bond acceptors (Lipinski definition) is 2. The Morgan fingerprint density at radius 2 is 1.00 bits per heavy atom. The summed E-state index contributed by atoms with van der Waals surface area (Å²) in [6, 6.07) is 0. The fourth-order valence-corrected chi connectivity index (χ4v) is 3.44. The zero-order chi connectivity index (χ0) is 22.5. The summed E-state index contributed by atoms with van der Waals surface area (Å²) in [4.78, 5) is 11.6. The van der Waals surface area contributed by atoms with E-state index in [1.807, 2.05) is 6.08 Å². The van der Waals surface area contributed by atoms with Crippen molar-refractivity contribution < 1.29 is 9.53 Å². The number of unbranched alkanes of at least 4 members (excludes halogenated alkanes) is 17. The molecule has 0 aliphatic carbocycles. The zero-order valence-corrected chi connectivity index (χ0v) is 21.2. The van der Waals surface area contributed by atoms with Gasteiger partial charge in [0.15, 0.2) is 0 Å². The first kappa shape index (κ1) is 31.4. The lowest BCUT2D eigenvalue weighted by Crippen LogP contribution is -2.05. The highest BCUT2D eigenvalue weighted by molar-refractivity contribution is 5.69. The molecule has 0 rings (SSSR count). The van der Waals surface area contributed by atoms with Gasteiger partial charge < -0.3 is 4.74 Å². The summed E-state index contributed by atoms with van der Waals surface area (Å²) in [5, 5.41) is 0. The molecular weight excluding hydrogens is 368 g/mol. The number of hydrogen-bond donors (Lipinski definition) is 0. The van der Waals surface area contributed by atoms with Gasteiger partial charge in [-0.2, -0.15) is 0 Å². The topological polar surface area (TPSA) is 26.3 Å². The Bertz CT molecular complexity index is 321. The summed E-state index contributed by atoms with van der Waals surface area (Å²) < 4.78 is 5.31. The maximum absolute atomic E-state index is 11.6. The van der Waals surface area contributed by atoms with Crippen LogP contribution in [0.4, 0.5) is 0 Å². The summed E-state index contributed by atoms with van der Waals surface area (Å²) in [5.41, 5.74) is 0. The quantitative estimate of drug-likeness (QED) is 0.0981. The Balaban J connectivity index is 0. The Kier molecular flexibility index (Phi) is 31.8. The van der Waals surface area contributed by atoms with Crippen LogP contribution < -0.4 is 0 Å². The smallest absolute Gasteiger partial charge is 0.305 e. The highest BCUT2D eigenvalue weighted by Gasteiger charge is 2.02. The Labute approximate surface area is 190 Å². The summed E-state index contributed by atoms with van der Waals surface area (Å²) in [6.07, 6.45) is 28.2. The molecule has 0 spiro atoms. The van der Waals surface area contributed by atoms with Gasteiger partial charge in [0, 0.05) is 6.42 Å².